The first-order valence-corrected chi connectivity index (χ1v) is 11.7. The van der Waals surface area contributed by atoms with E-state index in [9.17, 15) is 9.59 Å². The Kier molecular flexibility index (Phi) is 5.14. The second-order valence-electron chi connectivity index (χ2n) is 8.25. The van der Waals surface area contributed by atoms with Crippen molar-refractivity contribution in [2.75, 3.05) is 4.90 Å². The fourth-order valence-electron chi connectivity index (χ4n) is 4.48. The van der Waals surface area contributed by atoms with Gasteiger partial charge in [-0.15, -0.1) is 0 Å². The number of imide groups is 1. The molecule has 0 spiro atoms. The highest BCUT2D eigenvalue weighted by molar-refractivity contribution is 6.43. The van der Waals surface area contributed by atoms with Gasteiger partial charge in [0.05, 0.1) is 11.2 Å². The van der Waals surface area contributed by atoms with E-state index in [0.717, 1.165) is 21.7 Å². The molecule has 0 atom stereocenters. The standard InChI is InChI=1S/C29H16Cl2N2O2/c30-20-11-13-21(14-12-20)33-28(34)24-8-4-3-7-23(24)25(29(33)35)16-19-15-18-10-9-17-5-1-2-6-22(17)26(18)32-27(19)31/h1-16H/b25-16+. The third-order valence-electron chi connectivity index (χ3n) is 6.16. The molecule has 35 heavy (non-hydrogen) atoms. The molecular formula is C29H16Cl2N2O2. The van der Waals surface area contributed by atoms with E-state index in [1.54, 1.807) is 54.6 Å². The molecule has 2 heterocycles. The minimum Gasteiger partial charge on any atom is -0.268 e. The molecule has 168 valence electrons. The van der Waals surface area contributed by atoms with Gasteiger partial charge in [-0.3, -0.25) is 9.59 Å². The molecule has 1 aromatic heterocycles. The van der Waals surface area contributed by atoms with Crippen LogP contribution in [0.1, 0.15) is 21.5 Å². The normalized spacial score (nSPS) is 14.7. The first-order chi connectivity index (χ1) is 17.0. The maximum absolute atomic E-state index is 13.7. The average Bonchev–Trinajstić information content (AvgIpc) is 2.88. The number of rotatable bonds is 2. The van der Waals surface area contributed by atoms with Crippen LogP contribution in [0.4, 0.5) is 5.69 Å². The molecule has 4 nitrogen and oxygen atoms in total. The van der Waals surface area contributed by atoms with Crippen LogP contribution in [0.2, 0.25) is 10.2 Å². The Labute approximate surface area is 211 Å². The predicted molar refractivity (Wildman–Crippen MR) is 142 cm³/mol. The van der Waals surface area contributed by atoms with Crippen molar-refractivity contribution < 1.29 is 9.59 Å². The maximum atomic E-state index is 13.7. The summed E-state index contributed by atoms with van der Waals surface area (Å²) in [5.41, 5.74) is 3.19. The van der Waals surface area contributed by atoms with Crippen LogP contribution < -0.4 is 4.90 Å². The zero-order valence-corrected chi connectivity index (χ0v) is 19.7. The number of carbonyl (C=O) groups is 2. The maximum Gasteiger partial charge on any atom is 0.265 e. The lowest BCUT2D eigenvalue weighted by atomic mass is 9.91. The van der Waals surface area contributed by atoms with E-state index in [4.69, 9.17) is 23.2 Å². The SMILES string of the molecule is O=C1/C(=C/c2cc3ccc4ccccc4c3nc2Cl)c2ccccc2C(=O)N1c1ccc(Cl)cc1. The van der Waals surface area contributed by atoms with Gasteiger partial charge in [-0.2, -0.15) is 0 Å². The highest BCUT2D eigenvalue weighted by atomic mass is 35.5. The van der Waals surface area contributed by atoms with Gasteiger partial charge in [-0.25, -0.2) is 9.88 Å². The number of nitrogens with zero attached hydrogens (tertiary/aromatic N) is 2. The van der Waals surface area contributed by atoms with Gasteiger partial charge in [-0.05, 0) is 53.4 Å². The minimum absolute atomic E-state index is 0.279. The van der Waals surface area contributed by atoms with Gasteiger partial charge in [0.1, 0.15) is 5.15 Å². The Morgan fingerprint density at radius 2 is 1.40 bits per heavy atom. The summed E-state index contributed by atoms with van der Waals surface area (Å²) in [6.07, 6.45) is 1.71. The van der Waals surface area contributed by atoms with Crippen molar-refractivity contribution in [3.63, 3.8) is 0 Å². The summed E-state index contributed by atoms with van der Waals surface area (Å²) in [4.78, 5) is 32.8. The second-order valence-corrected chi connectivity index (χ2v) is 9.05. The Morgan fingerprint density at radius 1 is 0.714 bits per heavy atom. The van der Waals surface area contributed by atoms with Crippen molar-refractivity contribution >= 4 is 74.0 Å². The van der Waals surface area contributed by atoms with Crippen molar-refractivity contribution in [3.8, 4) is 0 Å². The number of amides is 2. The van der Waals surface area contributed by atoms with Crippen LogP contribution in [-0.2, 0) is 4.79 Å². The second kappa shape index (κ2) is 8.35. The highest BCUT2D eigenvalue weighted by Gasteiger charge is 2.35. The van der Waals surface area contributed by atoms with Crippen LogP contribution >= 0.6 is 23.2 Å². The summed E-state index contributed by atoms with van der Waals surface area (Å²) in [7, 11) is 0. The summed E-state index contributed by atoms with van der Waals surface area (Å²) in [6.45, 7) is 0. The number of hydrogen-bond acceptors (Lipinski definition) is 3. The molecule has 6 rings (SSSR count). The number of halogens is 2. The van der Waals surface area contributed by atoms with E-state index < -0.39 is 5.91 Å². The predicted octanol–water partition coefficient (Wildman–Crippen LogP) is 7.42. The Hall–Kier alpha value is -3.99. The lowest BCUT2D eigenvalue weighted by molar-refractivity contribution is -0.112. The van der Waals surface area contributed by atoms with Gasteiger partial charge in [0, 0.05) is 32.5 Å². The lowest BCUT2D eigenvalue weighted by Crippen LogP contribution is -2.41. The fourth-order valence-corrected chi connectivity index (χ4v) is 4.80. The molecule has 0 unspecified atom stereocenters. The number of carbonyl (C=O) groups excluding carboxylic acids is 2. The van der Waals surface area contributed by atoms with Crippen molar-refractivity contribution in [3.05, 3.63) is 118 Å². The number of aromatic nitrogens is 1. The number of fused-ring (bicyclic) bond motifs is 4. The largest absolute Gasteiger partial charge is 0.268 e. The summed E-state index contributed by atoms with van der Waals surface area (Å²) in [6, 6.07) is 27.6. The molecule has 6 heteroatoms. The van der Waals surface area contributed by atoms with Gasteiger partial charge in [-0.1, -0.05) is 77.8 Å². The van der Waals surface area contributed by atoms with Crippen molar-refractivity contribution in [1.82, 2.24) is 4.98 Å². The molecule has 1 aliphatic rings. The quantitative estimate of drug-likeness (QED) is 0.111. The van der Waals surface area contributed by atoms with Gasteiger partial charge in [0.2, 0.25) is 0 Å². The van der Waals surface area contributed by atoms with Crippen LogP contribution in [0.15, 0.2) is 91.0 Å². The van der Waals surface area contributed by atoms with Gasteiger partial charge >= 0.3 is 0 Å². The fraction of sp³-hybridized carbons (Fsp3) is 0. The molecule has 0 saturated heterocycles. The van der Waals surface area contributed by atoms with Crippen LogP contribution in [0.5, 0.6) is 0 Å². The van der Waals surface area contributed by atoms with Gasteiger partial charge < -0.3 is 0 Å². The smallest absolute Gasteiger partial charge is 0.265 e. The van der Waals surface area contributed by atoms with E-state index in [0.29, 0.717) is 33.0 Å². The zero-order chi connectivity index (χ0) is 24.1. The first-order valence-electron chi connectivity index (χ1n) is 10.9. The molecule has 5 aromatic rings. The van der Waals surface area contributed by atoms with Crippen molar-refractivity contribution in [2.24, 2.45) is 0 Å². The molecule has 0 aliphatic carbocycles. The van der Waals surface area contributed by atoms with E-state index in [1.807, 2.05) is 42.5 Å². The van der Waals surface area contributed by atoms with Gasteiger partial charge in [0.25, 0.3) is 11.8 Å². The summed E-state index contributed by atoms with van der Waals surface area (Å²) < 4.78 is 0. The Bertz CT molecular complexity index is 1710. The third-order valence-corrected chi connectivity index (χ3v) is 6.71. The molecule has 0 bridgehead atoms. The number of pyridine rings is 1. The Morgan fingerprint density at radius 3 is 2.20 bits per heavy atom. The summed E-state index contributed by atoms with van der Waals surface area (Å²) in [5.74, 6) is -0.829. The lowest BCUT2D eigenvalue weighted by Gasteiger charge is -2.28. The van der Waals surface area contributed by atoms with Crippen LogP contribution in [0.3, 0.4) is 0 Å². The van der Waals surface area contributed by atoms with Crippen molar-refractivity contribution in [2.45, 2.75) is 0 Å². The molecule has 2 amide bonds. The van der Waals surface area contributed by atoms with E-state index >= 15 is 0 Å². The first kappa shape index (κ1) is 21.5. The van der Waals surface area contributed by atoms with Crippen LogP contribution in [0, 0.1) is 0 Å². The zero-order valence-electron chi connectivity index (χ0n) is 18.2. The Balaban J connectivity index is 1.55. The molecule has 0 radical (unpaired) electrons. The monoisotopic (exact) mass is 494 g/mol. The number of hydrogen-bond donors (Lipinski definition) is 0. The van der Waals surface area contributed by atoms with Crippen LogP contribution in [-0.4, -0.2) is 16.8 Å². The topological polar surface area (TPSA) is 50.3 Å². The molecule has 4 aromatic carbocycles. The summed E-state index contributed by atoms with van der Waals surface area (Å²) >= 11 is 12.7. The molecular weight excluding hydrogens is 479 g/mol. The number of benzene rings is 4. The van der Waals surface area contributed by atoms with E-state index in [1.165, 1.54) is 4.90 Å². The van der Waals surface area contributed by atoms with E-state index in [-0.39, 0.29) is 11.1 Å². The molecule has 0 saturated carbocycles. The van der Waals surface area contributed by atoms with Gasteiger partial charge in [0.15, 0.2) is 0 Å². The van der Waals surface area contributed by atoms with E-state index in [2.05, 4.69) is 4.98 Å². The van der Waals surface area contributed by atoms with Crippen molar-refractivity contribution in [1.29, 1.82) is 0 Å². The average molecular weight is 495 g/mol. The minimum atomic E-state index is -0.439. The highest BCUT2D eigenvalue weighted by Crippen LogP contribution is 2.35. The van der Waals surface area contributed by atoms with Crippen LogP contribution in [0.25, 0.3) is 33.3 Å². The molecule has 1 aliphatic heterocycles. The molecule has 0 N–H and O–H groups in total. The third kappa shape index (κ3) is 3.59. The summed E-state index contributed by atoms with van der Waals surface area (Å²) in [5, 5.41) is 3.78. The molecule has 0 fully saturated rings. The number of anilines is 1.